The summed E-state index contributed by atoms with van der Waals surface area (Å²) >= 11 is 0. The molecule has 12 heteroatoms. The molecular weight excluding hydrogens is 432 g/mol. The van der Waals surface area contributed by atoms with Gasteiger partial charge >= 0.3 is 20.2 Å². The van der Waals surface area contributed by atoms with Crippen LogP contribution in [0.5, 0.6) is 0 Å². The van der Waals surface area contributed by atoms with E-state index in [0.29, 0.717) is 25.7 Å². The van der Waals surface area contributed by atoms with Crippen molar-refractivity contribution in [3.8, 4) is 12.1 Å². The first-order valence-corrected chi connectivity index (χ1v) is 12.2. The molecule has 0 spiro atoms. The number of oxime groups is 2. The van der Waals surface area contributed by atoms with Crippen LogP contribution < -0.4 is 0 Å². The van der Waals surface area contributed by atoms with Gasteiger partial charge in [-0.05, 0) is 18.9 Å². The number of nitrogens with zero attached hydrogens (tertiary/aromatic N) is 4. The molecule has 0 amide bonds. The van der Waals surface area contributed by atoms with Gasteiger partial charge in [-0.15, -0.1) is 0 Å². The van der Waals surface area contributed by atoms with E-state index in [9.17, 15) is 27.4 Å². The second-order valence-corrected chi connectivity index (χ2v) is 9.41. The first-order valence-electron chi connectivity index (χ1n) is 9.07. The van der Waals surface area contributed by atoms with Gasteiger partial charge in [-0.3, -0.25) is 8.57 Å². The van der Waals surface area contributed by atoms with Crippen molar-refractivity contribution in [2.45, 2.75) is 39.5 Å². The molecule has 0 heterocycles. The lowest BCUT2D eigenvalue weighted by Crippen LogP contribution is -2.10. The minimum atomic E-state index is -3.92. The maximum atomic E-state index is 11.7. The zero-order valence-electron chi connectivity index (χ0n) is 16.6. The molecule has 0 radical (unpaired) electrons. The Morgan fingerprint density at radius 2 is 1.27 bits per heavy atom. The van der Waals surface area contributed by atoms with Crippen molar-refractivity contribution >= 4 is 31.7 Å². The highest BCUT2D eigenvalue weighted by molar-refractivity contribution is 7.86. The van der Waals surface area contributed by atoms with Crippen LogP contribution in [0.2, 0.25) is 0 Å². The average Bonchev–Trinajstić information content (AvgIpc) is 2.72. The molecule has 30 heavy (non-hydrogen) atoms. The number of benzene rings is 1. The quantitative estimate of drug-likeness (QED) is 0.344. The van der Waals surface area contributed by atoms with Gasteiger partial charge in [-0.2, -0.15) is 27.4 Å². The first kappa shape index (κ1) is 25.1. The van der Waals surface area contributed by atoms with Crippen molar-refractivity contribution < 1.29 is 25.4 Å². The Morgan fingerprint density at radius 3 is 1.60 bits per heavy atom. The van der Waals surface area contributed by atoms with E-state index in [1.54, 1.807) is 12.1 Å². The summed E-state index contributed by atoms with van der Waals surface area (Å²) in [6.45, 7) is 3.64. The molecule has 0 N–H and O–H groups in total. The van der Waals surface area contributed by atoms with Gasteiger partial charge in [0.15, 0.2) is 11.4 Å². The van der Waals surface area contributed by atoms with Crippen LogP contribution in [-0.4, -0.2) is 39.8 Å². The largest absolute Gasteiger partial charge is 0.328 e. The maximum absolute atomic E-state index is 11.7. The minimum Gasteiger partial charge on any atom is -0.267 e. The smallest absolute Gasteiger partial charge is 0.267 e. The Morgan fingerprint density at radius 1 is 0.867 bits per heavy atom. The molecule has 0 atom stereocenters. The lowest BCUT2D eigenvalue weighted by atomic mass is 10.0. The Balaban J connectivity index is 3.12. The standard InChI is InChI=1S/C18H22N4O6S2/c1-3-5-10-29(23,24)27-21-17(13-19)15-8-7-9-16(12-15)18(14-20)22-28-30(25,26)11-6-4-2/h7-9,12H,3-6,10-11H2,1-2H3/b21-17-,22-18-. The predicted octanol–water partition coefficient (Wildman–Crippen LogP) is 2.43. The molecule has 0 aliphatic carbocycles. The third-order valence-corrected chi connectivity index (χ3v) is 5.78. The Labute approximate surface area is 176 Å². The van der Waals surface area contributed by atoms with Crippen LogP contribution in [-0.2, 0) is 28.8 Å². The molecule has 0 bridgehead atoms. The van der Waals surface area contributed by atoms with Crippen LogP contribution >= 0.6 is 0 Å². The van der Waals surface area contributed by atoms with E-state index in [4.69, 9.17) is 0 Å². The van der Waals surface area contributed by atoms with Gasteiger partial charge in [-0.25, -0.2) is 0 Å². The summed E-state index contributed by atoms with van der Waals surface area (Å²) in [7, 11) is -7.84. The summed E-state index contributed by atoms with van der Waals surface area (Å²) in [5.41, 5.74) is -0.383. The Kier molecular flexibility index (Phi) is 9.95. The number of nitriles is 2. The van der Waals surface area contributed by atoms with Crippen molar-refractivity contribution in [3.05, 3.63) is 35.4 Å². The van der Waals surface area contributed by atoms with Gasteiger partial charge in [0.25, 0.3) is 0 Å². The molecule has 0 unspecified atom stereocenters. The van der Waals surface area contributed by atoms with Crippen LogP contribution in [0.25, 0.3) is 0 Å². The number of hydrogen-bond acceptors (Lipinski definition) is 10. The topological polar surface area (TPSA) is 159 Å². The molecule has 0 aromatic heterocycles. The van der Waals surface area contributed by atoms with Gasteiger partial charge in [0, 0.05) is 11.1 Å². The maximum Gasteiger partial charge on any atom is 0.328 e. The van der Waals surface area contributed by atoms with Gasteiger partial charge in [-0.1, -0.05) is 55.2 Å². The van der Waals surface area contributed by atoms with Gasteiger partial charge < -0.3 is 0 Å². The molecule has 162 valence electrons. The van der Waals surface area contributed by atoms with Crippen molar-refractivity contribution in [2.75, 3.05) is 11.5 Å². The van der Waals surface area contributed by atoms with Crippen molar-refractivity contribution in [1.29, 1.82) is 10.5 Å². The van der Waals surface area contributed by atoms with Gasteiger partial charge in [0.05, 0.1) is 11.5 Å². The molecule has 0 saturated carbocycles. The van der Waals surface area contributed by atoms with E-state index in [0.717, 1.165) is 0 Å². The first-order chi connectivity index (χ1) is 14.2. The molecule has 1 rings (SSSR count). The molecule has 0 aliphatic rings. The Bertz CT molecular complexity index is 997. The molecule has 10 nitrogen and oxygen atoms in total. The Hall–Kier alpha value is -2.96. The number of unbranched alkanes of at least 4 members (excludes halogenated alkanes) is 2. The van der Waals surface area contributed by atoms with Gasteiger partial charge in [0.1, 0.15) is 12.1 Å². The summed E-state index contributed by atoms with van der Waals surface area (Å²) in [4.78, 5) is 0. The molecule has 1 aromatic carbocycles. The lowest BCUT2D eigenvalue weighted by molar-refractivity contribution is 0.338. The van der Waals surface area contributed by atoms with Gasteiger partial charge in [0.2, 0.25) is 0 Å². The number of hydrogen-bond donors (Lipinski definition) is 0. The summed E-state index contributed by atoms with van der Waals surface area (Å²) < 4.78 is 56.0. The summed E-state index contributed by atoms with van der Waals surface area (Å²) in [5.74, 6) is -0.471. The van der Waals surface area contributed by atoms with Crippen LogP contribution in [0, 0.1) is 22.7 Å². The molecule has 1 aromatic rings. The predicted molar refractivity (Wildman–Crippen MR) is 110 cm³/mol. The fourth-order valence-electron chi connectivity index (χ4n) is 1.99. The monoisotopic (exact) mass is 454 g/mol. The third kappa shape index (κ3) is 8.59. The lowest BCUT2D eigenvalue weighted by Gasteiger charge is -2.04. The van der Waals surface area contributed by atoms with Crippen molar-refractivity contribution in [2.24, 2.45) is 10.3 Å². The van der Waals surface area contributed by atoms with Crippen molar-refractivity contribution in [1.82, 2.24) is 0 Å². The van der Waals surface area contributed by atoms with Crippen LogP contribution in [0.4, 0.5) is 0 Å². The van der Waals surface area contributed by atoms with E-state index in [1.807, 2.05) is 13.8 Å². The second-order valence-electron chi connectivity index (χ2n) is 6.06. The van der Waals surface area contributed by atoms with E-state index in [-0.39, 0.29) is 34.1 Å². The van der Waals surface area contributed by atoms with Crippen LogP contribution in [0.15, 0.2) is 34.6 Å². The van der Waals surface area contributed by atoms with E-state index in [2.05, 4.69) is 18.9 Å². The summed E-state index contributed by atoms with van der Waals surface area (Å²) in [5, 5.41) is 25.4. The summed E-state index contributed by atoms with van der Waals surface area (Å²) in [6.07, 6.45) is 2.06. The fourth-order valence-corrected chi connectivity index (χ4v) is 3.80. The molecule has 0 fully saturated rings. The SMILES string of the molecule is CCCCS(=O)(=O)O/N=C(/C#N)c1cccc(/C(C#N)=N\OS(=O)(=O)CCCC)c1. The van der Waals surface area contributed by atoms with Crippen LogP contribution in [0.3, 0.4) is 0 Å². The molecule has 0 saturated heterocycles. The minimum absolute atomic E-state index is 0.150. The highest BCUT2D eigenvalue weighted by Gasteiger charge is 2.15. The normalized spacial score (nSPS) is 12.7. The molecular formula is C18H22N4O6S2. The average molecular weight is 455 g/mol. The zero-order chi connectivity index (χ0) is 22.6. The van der Waals surface area contributed by atoms with E-state index < -0.39 is 20.2 Å². The highest BCUT2D eigenvalue weighted by atomic mass is 32.2. The second kappa shape index (κ2) is 11.9. The van der Waals surface area contributed by atoms with E-state index >= 15 is 0 Å². The fraction of sp³-hybridized carbons (Fsp3) is 0.444. The van der Waals surface area contributed by atoms with E-state index in [1.165, 1.54) is 24.3 Å². The highest BCUT2D eigenvalue weighted by Crippen LogP contribution is 2.11. The number of rotatable bonds is 12. The third-order valence-electron chi connectivity index (χ3n) is 3.60. The van der Waals surface area contributed by atoms with Crippen LogP contribution in [0.1, 0.15) is 50.7 Å². The van der Waals surface area contributed by atoms with Crippen molar-refractivity contribution in [3.63, 3.8) is 0 Å². The molecule has 0 aliphatic heterocycles. The summed E-state index contributed by atoms with van der Waals surface area (Å²) in [6, 6.07) is 9.11. The zero-order valence-corrected chi connectivity index (χ0v) is 18.2.